The van der Waals surface area contributed by atoms with E-state index in [2.05, 4.69) is 25.7 Å². The number of ether oxygens (including phenoxy) is 1. The van der Waals surface area contributed by atoms with E-state index in [9.17, 15) is 9.59 Å². The van der Waals surface area contributed by atoms with Crippen LogP contribution >= 0.6 is 0 Å². The van der Waals surface area contributed by atoms with Crippen molar-refractivity contribution in [1.29, 1.82) is 0 Å². The molecule has 1 aromatic carbocycles. The van der Waals surface area contributed by atoms with Crippen LogP contribution < -0.4 is 15.4 Å². The van der Waals surface area contributed by atoms with Crippen LogP contribution in [0.1, 0.15) is 29.8 Å². The molecule has 2 N–H and O–H groups in total. The summed E-state index contributed by atoms with van der Waals surface area (Å²) >= 11 is 0. The molecule has 2 amide bonds. The largest absolute Gasteiger partial charge is 0.497 e. The number of benzene rings is 1. The van der Waals surface area contributed by atoms with Gasteiger partial charge in [-0.15, -0.1) is 0 Å². The van der Waals surface area contributed by atoms with Gasteiger partial charge in [-0.2, -0.15) is 5.10 Å². The van der Waals surface area contributed by atoms with Gasteiger partial charge in [0.2, 0.25) is 5.91 Å². The van der Waals surface area contributed by atoms with Crippen molar-refractivity contribution in [3.63, 3.8) is 0 Å². The van der Waals surface area contributed by atoms with Gasteiger partial charge in [-0.3, -0.25) is 9.59 Å². The molecule has 0 aliphatic rings. The highest BCUT2D eigenvalue weighted by Gasteiger charge is 2.25. The lowest BCUT2D eigenvalue weighted by Crippen LogP contribution is -2.49. The number of pyridine rings is 1. The first-order valence-electron chi connectivity index (χ1n) is 9.51. The zero-order valence-electron chi connectivity index (χ0n) is 17.1. The Kier molecular flexibility index (Phi) is 6.74. The van der Waals surface area contributed by atoms with Crippen molar-refractivity contribution in [2.24, 2.45) is 5.92 Å². The molecule has 0 fully saturated rings. The lowest BCUT2D eigenvalue weighted by molar-refractivity contribution is -0.124. The summed E-state index contributed by atoms with van der Waals surface area (Å²) < 4.78 is 6.64. The Morgan fingerprint density at radius 2 is 1.93 bits per heavy atom. The monoisotopic (exact) mass is 408 g/mol. The van der Waals surface area contributed by atoms with Crippen LogP contribution in [0.5, 0.6) is 5.75 Å². The van der Waals surface area contributed by atoms with Crippen molar-refractivity contribution < 1.29 is 14.3 Å². The number of amides is 2. The predicted octanol–water partition coefficient (Wildman–Crippen LogP) is 1.74. The van der Waals surface area contributed by atoms with Crippen molar-refractivity contribution in [1.82, 2.24) is 30.4 Å². The van der Waals surface area contributed by atoms with Gasteiger partial charge in [0.05, 0.1) is 7.11 Å². The molecule has 0 radical (unpaired) electrons. The molecule has 0 saturated heterocycles. The smallest absolute Gasteiger partial charge is 0.251 e. The van der Waals surface area contributed by atoms with Crippen LogP contribution in [0, 0.1) is 5.92 Å². The van der Waals surface area contributed by atoms with E-state index in [1.54, 1.807) is 50.0 Å². The maximum absolute atomic E-state index is 12.8. The molecule has 0 aliphatic carbocycles. The van der Waals surface area contributed by atoms with Crippen LogP contribution in [0.3, 0.4) is 0 Å². The fourth-order valence-corrected chi connectivity index (χ4v) is 2.89. The molecular weight excluding hydrogens is 384 g/mol. The second-order valence-electron chi connectivity index (χ2n) is 6.97. The topological polar surface area (TPSA) is 111 Å². The highest BCUT2D eigenvalue weighted by atomic mass is 16.5. The van der Waals surface area contributed by atoms with Gasteiger partial charge in [-0.25, -0.2) is 14.6 Å². The van der Waals surface area contributed by atoms with Crippen LogP contribution in [0.2, 0.25) is 0 Å². The van der Waals surface area contributed by atoms with Crippen molar-refractivity contribution in [2.75, 3.05) is 7.11 Å². The highest BCUT2D eigenvalue weighted by Crippen LogP contribution is 2.13. The first-order valence-corrected chi connectivity index (χ1v) is 9.51. The number of carbonyl (C=O) groups is 2. The minimum absolute atomic E-state index is 0.101. The number of nitrogens with zero attached hydrogens (tertiary/aromatic N) is 4. The van der Waals surface area contributed by atoms with E-state index in [1.807, 2.05) is 19.9 Å². The maximum atomic E-state index is 12.8. The quantitative estimate of drug-likeness (QED) is 0.587. The molecule has 3 aromatic rings. The van der Waals surface area contributed by atoms with E-state index >= 15 is 0 Å². The third kappa shape index (κ3) is 4.99. The summed E-state index contributed by atoms with van der Waals surface area (Å²) in [6.07, 6.45) is 4.61. The molecule has 3 rings (SSSR count). The molecule has 0 aliphatic heterocycles. The summed E-state index contributed by atoms with van der Waals surface area (Å²) in [5.41, 5.74) is 1.23. The van der Waals surface area contributed by atoms with Gasteiger partial charge in [-0.05, 0) is 36.2 Å². The van der Waals surface area contributed by atoms with Crippen molar-refractivity contribution in [3.05, 3.63) is 66.4 Å². The minimum Gasteiger partial charge on any atom is -0.497 e. The Hall–Kier alpha value is -3.75. The fourth-order valence-electron chi connectivity index (χ4n) is 2.89. The van der Waals surface area contributed by atoms with Gasteiger partial charge in [0, 0.05) is 23.9 Å². The molecule has 2 heterocycles. The molecule has 30 heavy (non-hydrogen) atoms. The number of aromatic nitrogens is 4. The normalized spacial score (nSPS) is 11.7. The van der Waals surface area contributed by atoms with E-state index < -0.39 is 6.04 Å². The first kappa shape index (κ1) is 21.0. The summed E-state index contributed by atoms with van der Waals surface area (Å²) in [5.74, 6) is 0.537. The van der Waals surface area contributed by atoms with E-state index in [0.717, 1.165) is 5.56 Å². The Bertz CT molecular complexity index is 986. The molecule has 0 saturated carbocycles. The van der Waals surface area contributed by atoms with E-state index in [1.165, 1.54) is 11.0 Å². The van der Waals surface area contributed by atoms with Crippen LogP contribution in [-0.4, -0.2) is 44.7 Å². The van der Waals surface area contributed by atoms with Gasteiger partial charge in [0.1, 0.15) is 24.4 Å². The summed E-state index contributed by atoms with van der Waals surface area (Å²) in [6.45, 7) is 4.00. The minimum atomic E-state index is -0.689. The molecule has 156 valence electrons. The van der Waals surface area contributed by atoms with Gasteiger partial charge >= 0.3 is 0 Å². The standard InChI is InChI=1S/C21H24N6O3/c1-14(2)18(26-20(28)15-6-8-17(30-3)9-7-15)21(29)24-11-16-5-4-10-23-19(16)27-13-22-12-25-27/h4-10,12-14,18H,11H2,1-3H3,(H,24,29)(H,26,28). The summed E-state index contributed by atoms with van der Waals surface area (Å²) in [7, 11) is 1.56. The van der Waals surface area contributed by atoms with E-state index in [-0.39, 0.29) is 24.3 Å². The van der Waals surface area contributed by atoms with Crippen LogP contribution in [0.15, 0.2) is 55.2 Å². The number of carbonyl (C=O) groups excluding carboxylic acids is 2. The van der Waals surface area contributed by atoms with Crippen LogP contribution in [0.4, 0.5) is 0 Å². The SMILES string of the molecule is COc1ccc(C(=O)NC(C(=O)NCc2cccnc2-n2cncn2)C(C)C)cc1. The summed E-state index contributed by atoms with van der Waals surface area (Å²) in [6, 6.07) is 9.66. The average Bonchev–Trinajstić information content (AvgIpc) is 3.30. The van der Waals surface area contributed by atoms with Crippen molar-refractivity contribution >= 4 is 11.8 Å². The zero-order chi connectivity index (χ0) is 21.5. The number of methoxy groups -OCH3 is 1. The molecule has 1 unspecified atom stereocenters. The van der Waals surface area contributed by atoms with Crippen LogP contribution in [-0.2, 0) is 11.3 Å². The lowest BCUT2D eigenvalue weighted by atomic mass is 10.0. The molecule has 2 aromatic heterocycles. The van der Waals surface area contributed by atoms with Gasteiger partial charge in [0.25, 0.3) is 5.91 Å². The lowest BCUT2D eigenvalue weighted by Gasteiger charge is -2.22. The predicted molar refractivity (Wildman–Crippen MR) is 110 cm³/mol. The van der Waals surface area contributed by atoms with Gasteiger partial charge in [-0.1, -0.05) is 19.9 Å². The molecule has 0 bridgehead atoms. The molecule has 0 spiro atoms. The number of hydrogen-bond donors (Lipinski definition) is 2. The number of rotatable bonds is 8. The zero-order valence-corrected chi connectivity index (χ0v) is 17.1. The van der Waals surface area contributed by atoms with Gasteiger partial charge in [0.15, 0.2) is 5.82 Å². The number of hydrogen-bond acceptors (Lipinski definition) is 6. The Balaban J connectivity index is 1.67. The third-order valence-corrected chi connectivity index (χ3v) is 4.54. The average molecular weight is 408 g/mol. The molecule has 9 nitrogen and oxygen atoms in total. The molecule has 1 atom stereocenters. The fraction of sp³-hybridized carbons (Fsp3) is 0.286. The third-order valence-electron chi connectivity index (χ3n) is 4.54. The van der Waals surface area contributed by atoms with Crippen molar-refractivity contribution in [2.45, 2.75) is 26.4 Å². The molecule has 9 heteroatoms. The van der Waals surface area contributed by atoms with Gasteiger partial charge < -0.3 is 15.4 Å². The first-order chi connectivity index (χ1) is 14.5. The number of nitrogens with one attached hydrogen (secondary N) is 2. The Labute approximate surface area is 174 Å². The second kappa shape index (κ2) is 9.64. The molecular formula is C21H24N6O3. The highest BCUT2D eigenvalue weighted by molar-refractivity contribution is 5.97. The van der Waals surface area contributed by atoms with Crippen LogP contribution in [0.25, 0.3) is 5.82 Å². The maximum Gasteiger partial charge on any atom is 0.251 e. The van der Waals surface area contributed by atoms with E-state index in [0.29, 0.717) is 17.1 Å². The summed E-state index contributed by atoms with van der Waals surface area (Å²) in [4.78, 5) is 33.6. The van der Waals surface area contributed by atoms with E-state index in [4.69, 9.17) is 4.74 Å². The van der Waals surface area contributed by atoms with Crippen molar-refractivity contribution in [3.8, 4) is 11.6 Å². The Morgan fingerprint density at radius 3 is 2.57 bits per heavy atom. The second-order valence-corrected chi connectivity index (χ2v) is 6.97. The Morgan fingerprint density at radius 1 is 1.17 bits per heavy atom. The summed E-state index contributed by atoms with van der Waals surface area (Å²) in [5, 5.41) is 9.78.